The molecule has 0 bridgehead atoms. The second-order valence-corrected chi connectivity index (χ2v) is 5.43. The van der Waals surface area contributed by atoms with Crippen LogP contribution in [0.15, 0.2) is 33.8 Å². The van der Waals surface area contributed by atoms with Crippen LogP contribution in [0.1, 0.15) is 30.5 Å². The first-order valence-corrected chi connectivity index (χ1v) is 6.98. The maximum absolute atomic E-state index is 13.6. The molecule has 1 N–H and O–H groups in total. The monoisotopic (exact) mass is 314 g/mol. The molecule has 0 amide bonds. The van der Waals surface area contributed by atoms with Crippen LogP contribution in [0.3, 0.4) is 0 Å². The Morgan fingerprint density at radius 3 is 2.67 bits per heavy atom. The van der Waals surface area contributed by atoms with Gasteiger partial charge >= 0.3 is 0 Å². The zero-order valence-electron chi connectivity index (χ0n) is 11.0. The van der Waals surface area contributed by atoms with Crippen molar-refractivity contribution in [3.63, 3.8) is 0 Å². The SMILES string of the molecule is O=c1ccon1[C@H]1CCN[C@@H](c2cc(F)c(Cl)c(F)c2)C1. The topological polar surface area (TPSA) is 47.2 Å². The summed E-state index contributed by atoms with van der Waals surface area (Å²) < 4.78 is 33.6. The van der Waals surface area contributed by atoms with Crippen molar-refractivity contribution in [3.8, 4) is 0 Å². The van der Waals surface area contributed by atoms with Crippen molar-refractivity contribution < 1.29 is 13.3 Å². The lowest BCUT2D eigenvalue weighted by Crippen LogP contribution is -2.35. The maximum Gasteiger partial charge on any atom is 0.282 e. The van der Waals surface area contributed by atoms with Crippen molar-refractivity contribution in [2.24, 2.45) is 0 Å². The number of piperidine rings is 1. The molecule has 0 radical (unpaired) electrons. The lowest BCUT2D eigenvalue weighted by Gasteiger charge is -2.30. The Bertz CT molecular complexity index is 690. The Morgan fingerprint density at radius 1 is 1.33 bits per heavy atom. The van der Waals surface area contributed by atoms with Crippen LogP contribution < -0.4 is 10.9 Å². The van der Waals surface area contributed by atoms with Crippen LogP contribution >= 0.6 is 11.6 Å². The average molecular weight is 315 g/mol. The Hall–Kier alpha value is -1.66. The molecule has 3 rings (SSSR count). The number of nitrogens with zero attached hydrogens (tertiary/aromatic N) is 1. The fourth-order valence-electron chi connectivity index (χ4n) is 2.69. The predicted molar refractivity (Wildman–Crippen MR) is 73.4 cm³/mol. The predicted octanol–water partition coefficient (Wildman–Crippen LogP) is 3.04. The van der Waals surface area contributed by atoms with Gasteiger partial charge in [0.1, 0.15) is 22.9 Å². The normalized spacial score (nSPS) is 22.4. The first-order chi connectivity index (χ1) is 10.1. The highest BCUT2D eigenvalue weighted by Gasteiger charge is 2.27. The minimum absolute atomic E-state index is 0.138. The first-order valence-electron chi connectivity index (χ1n) is 6.60. The van der Waals surface area contributed by atoms with Gasteiger partial charge in [-0.05, 0) is 37.1 Å². The van der Waals surface area contributed by atoms with Crippen LogP contribution in [0.2, 0.25) is 5.02 Å². The van der Waals surface area contributed by atoms with Gasteiger partial charge in [-0.2, -0.15) is 4.74 Å². The highest BCUT2D eigenvalue weighted by atomic mass is 35.5. The summed E-state index contributed by atoms with van der Waals surface area (Å²) in [6.07, 6.45) is 2.55. The number of nitrogens with one attached hydrogen (secondary N) is 1. The molecule has 1 aromatic carbocycles. The lowest BCUT2D eigenvalue weighted by atomic mass is 9.94. The first kappa shape index (κ1) is 14.3. The summed E-state index contributed by atoms with van der Waals surface area (Å²) in [5.41, 5.74) is 0.257. The van der Waals surface area contributed by atoms with Crippen molar-refractivity contribution in [1.82, 2.24) is 10.1 Å². The molecule has 1 fully saturated rings. The molecule has 7 heteroatoms. The summed E-state index contributed by atoms with van der Waals surface area (Å²) in [6, 6.07) is 3.38. The molecule has 2 atom stereocenters. The van der Waals surface area contributed by atoms with Crippen molar-refractivity contribution in [2.75, 3.05) is 6.54 Å². The lowest BCUT2D eigenvalue weighted by molar-refractivity contribution is 0.161. The van der Waals surface area contributed by atoms with Crippen molar-refractivity contribution in [3.05, 3.63) is 57.0 Å². The zero-order chi connectivity index (χ0) is 15.0. The third kappa shape index (κ3) is 2.73. The van der Waals surface area contributed by atoms with Crippen LogP contribution in [-0.2, 0) is 0 Å². The second-order valence-electron chi connectivity index (χ2n) is 5.06. The van der Waals surface area contributed by atoms with E-state index in [2.05, 4.69) is 5.32 Å². The highest BCUT2D eigenvalue weighted by Crippen LogP contribution is 2.32. The molecular formula is C14H13ClF2N2O2. The van der Waals surface area contributed by atoms with Gasteiger partial charge in [0.15, 0.2) is 0 Å². The summed E-state index contributed by atoms with van der Waals surface area (Å²) in [7, 11) is 0. The van der Waals surface area contributed by atoms with Crippen LogP contribution in [0.5, 0.6) is 0 Å². The second kappa shape index (κ2) is 5.61. The summed E-state index contributed by atoms with van der Waals surface area (Å²) >= 11 is 5.49. The van der Waals surface area contributed by atoms with E-state index in [0.717, 1.165) is 0 Å². The van der Waals surface area contributed by atoms with E-state index in [0.29, 0.717) is 24.9 Å². The molecule has 4 nitrogen and oxygen atoms in total. The standard InChI is InChI=1S/C14H13ClF2N2O2/c15-14-10(16)5-8(6-11(14)17)12-7-9(1-3-18-12)19-13(20)2-4-21-19/h2,4-6,9,12,18H,1,3,7H2/t9-,12+/m0/s1. The van der Waals surface area contributed by atoms with Crippen LogP contribution in [0.25, 0.3) is 0 Å². The molecule has 0 unspecified atom stereocenters. The fourth-order valence-corrected chi connectivity index (χ4v) is 2.80. The Labute approximate surface area is 124 Å². The van der Waals surface area contributed by atoms with Gasteiger partial charge in [0.2, 0.25) is 0 Å². The smallest absolute Gasteiger partial charge is 0.282 e. The third-order valence-electron chi connectivity index (χ3n) is 3.72. The summed E-state index contributed by atoms with van der Waals surface area (Å²) in [4.78, 5) is 11.6. The van der Waals surface area contributed by atoms with Crippen molar-refractivity contribution >= 4 is 11.6 Å². The number of aromatic nitrogens is 1. The van der Waals surface area contributed by atoms with Crippen LogP contribution in [0, 0.1) is 11.6 Å². The van der Waals surface area contributed by atoms with E-state index in [9.17, 15) is 13.6 Å². The highest BCUT2D eigenvalue weighted by molar-refractivity contribution is 6.30. The molecule has 21 heavy (non-hydrogen) atoms. The van der Waals surface area contributed by atoms with Gasteiger partial charge in [0.05, 0.1) is 6.04 Å². The number of hydrogen-bond acceptors (Lipinski definition) is 3. The van der Waals surface area contributed by atoms with Gasteiger partial charge < -0.3 is 9.84 Å². The quantitative estimate of drug-likeness (QED) is 0.867. The average Bonchev–Trinajstić information content (AvgIpc) is 2.90. The summed E-state index contributed by atoms with van der Waals surface area (Å²) in [5, 5.41) is 2.68. The van der Waals surface area contributed by atoms with Gasteiger partial charge in [0, 0.05) is 12.1 Å². The fraction of sp³-hybridized carbons (Fsp3) is 0.357. The minimum atomic E-state index is -0.786. The van der Waals surface area contributed by atoms with Crippen molar-refractivity contribution in [2.45, 2.75) is 24.9 Å². The van der Waals surface area contributed by atoms with E-state index in [4.69, 9.17) is 16.1 Å². The molecule has 1 aliphatic heterocycles. The summed E-state index contributed by atoms with van der Waals surface area (Å²) in [5.74, 6) is -1.57. The molecule has 0 aliphatic carbocycles. The van der Waals surface area contributed by atoms with Gasteiger partial charge in [-0.1, -0.05) is 11.6 Å². The third-order valence-corrected chi connectivity index (χ3v) is 4.08. The van der Waals surface area contributed by atoms with Gasteiger partial charge in [-0.15, -0.1) is 0 Å². The maximum atomic E-state index is 13.6. The minimum Gasteiger partial charge on any atom is -0.384 e. The number of halogens is 3. The van der Waals surface area contributed by atoms with E-state index >= 15 is 0 Å². The van der Waals surface area contributed by atoms with E-state index in [1.807, 2.05) is 0 Å². The van der Waals surface area contributed by atoms with E-state index < -0.39 is 16.7 Å². The van der Waals surface area contributed by atoms with Crippen LogP contribution in [-0.4, -0.2) is 11.3 Å². The Balaban J connectivity index is 1.87. The molecule has 2 aromatic rings. The zero-order valence-corrected chi connectivity index (χ0v) is 11.7. The number of rotatable bonds is 2. The molecule has 1 saturated heterocycles. The molecular weight excluding hydrogens is 302 g/mol. The number of hydrogen-bond donors (Lipinski definition) is 1. The summed E-state index contributed by atoms with van der Waals surface area (Å²) in [6.45, 7) is 0.619. The van der Waals surface area contributed by atoms with Crippen LogP contribution in [0.4, 0.5) is 8.78 Å². The molecule has 2 heterocycles. The van der Waals surface area contributed by atoms with Gasteiger partial charge in [0.25, 0.3) is 5.56 Å². The van der Waals surface area contributed by atoms with Crippen molar-refractivity contribution in [1.29, 1.82) is 0 Å². The Kier molecular flexibility index (Phi) is 3.82. The molecule has 112 valence electrons. The van der Waals surface area contributed by atoms with Gasteiger partial charge in [-0.25, -0.2) is 8.78 Å². The largest absolute Gasteiger partial charge is 0.384 e. The van der Waals surface area contributed by atoms with E-state index in [1.165, 1.54) is 29.2 Å². The van der Waals surface area contributed by atoms with Gasteiger partial charge in [-0.3, -0.25) is 4.79 Å². The Morgan fingerprint density at radius 2 is 2.05 bits per heavy atom. The van der Waals surface area contributed by atoms with E-state index in [1.54, 1.807) is 0 Å². The molecule has 0 saturated carbocycles. The molecule has 1 aromatic heterocycles. The number of benzene rings is 1. The molecule has 1 aliphatic rings. The van der Waals surface area contributed by atoms with E-state index in [-0.39, 0.29) is 17.6 Å². The molecule has 0 spiro atoms.